The summed E-state index contributed by atoms with van der Waals surface area (Å²) in [5, 5.41) is 6.80. The fourth-order valence-corrected chi connectivity index (χ4v) is 0.865. The molecule has 0 aliphatic heterocycles. The Balaban J connectivity index is -0.000000188. The van der Waals surface area contributed by atoms with E-state index in [1.165, 1.54) is 6.92 Å². The molecule has 0 saturated carbocycles. The van der Waals surface area contributed by atoms with E-state index in [9.17, 15) is 4.79 Å². The van der Waals surface area contributed by atoms with E-state index in [1.54, 1.807) is 13.1 Å². The molecule has 0 atom stereocenters. The number of carbonyl (C=O) groups excluding carboxylic acids is 1. The average molecular weight is 290 g/mol. The Morgan fingerprint density at radius 1 is 1.50 bits per heavy atom. The number of aryl methyl sites for hydroxylation is 1. The molecule has 1 rings (SSSR count). The van der Waals surface area contributed by atoms with Gasteiger partial charge < -0.3 is 22.8 Å². The molecule has 95 valence electrons. The van der Waals surface area contributed by atoms with Crippen molar-refractivity contribution >= 4 is 11.5 Å². The molecule has 2 N–H and O–H groups in total. The van der Waals surface area contributed by atoms with Crippen LogP contribution >= 0.6 is 0 Å². The smallest absolute Gasteiger partial charge is 0.135 e. The first-order valence-corrected chi connectivity index (χ1v) is 4.58. The number of rotatable bonds is 3. The van der Waals surface area contributed by atoms with Crippen molar-refractivity contribution in [2.24, 2.45) is 0 Å². The first kappa shape index (κ1) is 20.7. The van der Waals surface area contributed by atoms with Crippen molar-refractivity contribution in [3.8, 4) is 0 Å². The normalized spacial score (nSPS) is 7.69. The van der Waals surface area contributed by atoms with E-state index in [1.807, 2.05) is 6.20 Å². The Morgan fingerprint density at radius 3 is 2.19 bits per heavy atom. The molecule has 1 aromatic rings. The summed E-state index contributed by atoms with van der Waals surface area (Å²) in [6, 6.07) is 0. The van der Waals surface area contributed by atoms with E-state index < -0.39 is 0 Å². The van der Waals surface area contributed by atoms with E-state index >= 15 is 0 Å². The fourth-order valence-electron chi connectivity index (χ4n) is 0.865. The number of halogens is 1. The van der Waals surface area contributed by atoms with Crippen molar-refractivity contribution in [1.82, 2.24) is 9.97 Å². The van der Waals surface area contributed by atoms with Gasteiger partial charge in [0.1, 0.15) is 11.6 Å². The molecule has 6 heteroatoms. The summed E-state index contributed by atoms with van der Waals surface area (Å²) in [6.45, 7) is 5.18. The summed E-state index contributed by atoms with van der Waals surface area (Å²) in [5.74, 6) is 1.12. The Hall–Kier alpha value is -0.654. The second-order valence-corrected chi connectivity index (χ2v) is 3.05. The zero-order chi connectivity index (χ0) is 11.0. The first-order chi connectivity index (χ1) is 6.56. The predicted molar refractivity (Wildman–Crippen MR) is 56.7 cm³/mol. The number of nitrogens with one attached hydrogen (secondary N) is 2. The molecule has 0 spiro atoms. The number of ketones is 1. The van der Waals surface area contributed by atoms with Gasteiger partial charge in [0.2, 0.25) is 0 Å². The molecule has 16 heavy (non-hydrogen) atoms. The van der Waals surface area contributed by atoms with E-state index in [2.05, 4.69) is 16.9 Å². The summed E-state index contributed by atoms with van der Waals surface area (Å²) in [5.41, 5.74) is 0.438. The average Bonchev–Trinajstić information content (AvgIpc) is 2.53. The van der Waals surface area contributed by atoms with Crippen LogP contribution in [0.5, 0.6) is 0 Å². The van der Waals surface area contributed by atoms with Crippen LogP contribution in [0.4, 0.5) is 0 Å². The second kappa shape index (κ2) is 12.4. The summed E-state index contributed by atoms with van der Waals surface area (Å²) in [4.78, 5) is 17.1. The molecule has 0 saturated heterocycles. The molecule has 0 unspecified atom stereocenters. The number of H-pyrrole nitrogens is 1. The number of aromatic amines is 1. The minimum absolute atomic E-state index is 0. The second-order valence-electron chi connectivity index (χ2n) is 3.05. The third-order valence-corrected chi connectivity index (χ3v) is 1.40. The molecule has 0 aliphatic rings. The van der Waals surface area contributed by atoms with Crippen LogP contribution < -0.4 is 12.4 Å². The van der Waals surface area contributed by atoms with Crippen molar-refractivity contribution in [1.29, 1.82) is 5.41 Å². The molecule has 4 nitrogen and oxygen atoms in total. The van der Waals surface area contributed by atoms with Crippen molar-refractivity contribution < 1.29 is 34.0 Å². The largest absolute Gasteiger partial charge is 1.00 e. The van der Waals surface area contributed by atoms with Crippen LogP contribution in [-0.2, 0) is 28.0 Å². The molecule has 0 bridgehead atoms. The SMILES string of the molecule is CC(=N)CC(C)=O.CCc1ncc[nH]1.[Cl-].[Co]. The summed E-state index contributed by atoms with van der Waals surface area (Å²) in [7, 11) is 0. The molecule has 0 aliphatic carbocycles. The van der Waals surface area contributed by atoms with Gasteiger partial charge in [0.15, 0.2) is 0 Å². The van der Waals surface area contributed by atoms with E-state index in [0.29, 0.717) is 12.1 Å². The van der Waals surface area contributed by atoms with Gasteiger partial charge >= 0.3 is 0 Å². The summed E-state index contributed by atoms with van der Waals surface area (Å²) in [6.07, 6.45) is 4.89. The Kier molecular flexibility index (Phi) is 16.1. The predicted octanol–water partition coefficient (Wildman–Crippen LogP) is -1.02. The van der Waals surface area contributed by atoms with Crippen LogP contribution in [0.25, 0.3) is 0 Å². The van der Waals surface area contributed by atoms with Gasteiger partial charge in [-0.2, -0.15) is 0 Å². The molecule has 1 aromatic heterocycles. The van der Waals surface area contributed by atoms with Gasteiger partial charge in [0.05, 0.1) is 0 Å². The van der Waals surface area contributed by atoms with Crippen LogP contribution in [0.1, 0.15) is 33.0 Å². The monoisotopic (exact) mass is 289 g/mol. The van der Waals surface area contributed by atoms with Crippen molar-refractivity contribution in [2.45, 2.75) is 33.6 Å². The van der Waals surface area contributed by atoms with Crippen molar-refractivity contribution in [3.05, 3.63) is 18.2 Å². The van der Waals surface area contributed by atoms with Crippen LogP contribution in [0.2, 0.25) is 0 Å². The van der Waals surface area contributed by atoms with Crippen molar-refractivity contribution in [3.63, 3.8) is 0 Å². The van der Waals surface area contributed by atoms with Gasteiger partial charge in [-0.15, -0.1) is 0 Å². The van der Waals surface area contributed by atoms with Crippen LogP contribution in [0.15, 0.2) is 12.4 Å². The summed E-state index contributed by atoms with van der Waals surface area (Å²) < 4.78 is 0. The molecule has 0 aromatic carbocycles. The molecule has 0 amide bonds. The first-order valence-electron chi connectivity index (χ1n) is 4.58. The number of imidazole rings is 1. The zero-order valence-corrected chi connectivity index (χ0v) is 11.4. The van der Waals surface area contributed by atoms with Crippen molar-refractivity contribution in [2.75, 3.05) is 0 Å². The van der Waals surface area contributed by atoms with E-state index in [0.717, 1.165) is 12.2 Å². The van der Waals surface area contributed by atoms with Gasteiger partial charge in [-0.25, -0.2) is 4.98 Å². The number of nitrogens with zero attached hydrogens (tertiary/aromatic N) is 1. The zero-order valence-electron chi connectivity index (χ0n) is 9.64. The molecular weight excluding hydrogens is 273 g/mol. The number of hydrogen-bond donors (Lipinski definition) is 2. The number of Topliss-reactive ketones (excluding diaryl/α,β-unsaturated/α-hetero) is 1. The Labute approximate surface area is 113 Å². The minimum Gasteiger partial charge on any atom is -1.00 e. The molecular formula is C10H17ClCoN3O-. The van der Waals surface area contributed by atoms with E-state index in [-0.39, 0.29) is 35.0 Å². The molecule has 1 radical (unpaired) electrons. The third-order valence-electron chi connectivity index (χ3n) is 1.40. The van der Waals surface area contributed by atoms with Crippen LogP contribution in [0.3, 0.4) is 0 Å². The van der Waals surface area contributed by atoms with Crippen LogP contribution in [-0.4, -0.2) is 21.5 Å². The maximum absolute atomic E-state index is 10.1. The summed E-state index contributed by atoms with van der Waals surface area (Å²) >= 11 is 0. The Bertz CT molecular complexity index is 276. The number of aromatic nitrogens is 2. The Morgan fingerprint density at radius 2 is 2.06 bits per heavy atom. The van der Waals surface area contributed by atoms with Gasteiger partial charge in [-0.05, 0) is 13.8 Å². The van der Waals surface area contributed by atoms with Crippen LogP contribution in [0, 0.1) is 5.41 Å². The quantitative estimate of drug-likeness (QED) is 0.699. The maximum atomic E-state index is 10.1. The maximum Gasteiger partial charge on any atom is 0.135 e. The van der Waals surface area contributed by atoms with Gasteiger partial charge in [0.25, 0.3) is 0 Å². The van der Waals surface area contributed by atoms with E-state index in [4.69, 9.17) is 5.41 Å². The fraction of sp³-hybridized carbons (Fsp3) is 0.500. The molecule has 0 fully saturated rings. The molecule has 1 heterocycles. The number of hydrogen-bond acceptors (Lipinski definition) is 3. The third kappa shape index (κ3) is 13.3. The topological polar surface area (TPSA) is 69.6 Å². The van der Waals surface area contributed by atoms with Gasteiger partial charge in [-0.3, -0.25) is 4.79 Å². The van der Waals surface area contributed by atoms with Gasteiger partial charge in [-0.1, -0.05) is 6.92 Å². The number of carbonyl (C=O) groups is 1. The van der Waals surface area contributed by atoms with Gasteiger partial charge in [0, 0.05) is 47.7 Å². The minimum atomic E-state index is 0. The standard InChI is InChI=1S/C5H8N2.C5H9NO.ClH.Co/c1-2-5-6-3-4-7-5;1-4(6)3-5(2)7;;/h3-4H,2H2,1H3,(H,6,7);6H,3H2,1-2H3;1H;/p-1.